The number of amides is 4. The summed E-state index contributed by atoms with van der Waals surface area (Å²) in [6, 6.07) is 13.4. The van der Waals surface area contributed by atoms with Gasteiger partial charge in [-0.05, 0) is 50.5 Å². The van der Waals surface area contributed by atoms with Gasteiger partial charge in [0.25, 0.3) is 11.8 Å². The highest BCUT2D eigenvalue weighted by molar-refractivity contribution is 6.04. The minimum Gasteiger partial charge on any atom is -0.444 e. The Morgan fingerprint density at radius 3 is 2.36 bits per heavy atom. The van der Waals surface area contributed by atoms with E-state index in [9.17, 15) is 19.2 Å². The SMILES string of the molecule is CN1Cc2c(NCc3ccc(CN4CCN(C(=O)OC(C)(C)C)CC4)cc3)cccc2C(=O)N1C1CCC(=O)NC1=O. The van der Waals surface area contributed by atoms with E-state index in [1.165, 1.54) is 10.6 Å². The predicted octanol–water partition coefficient (Wildman–Crippen LogP) is 2.96. The van der Waals surface area contributed by atoms with Gasteiger partial charge in [0, 0.05) is 76.1 Å². The lowest BCUT2D eigenvalue weighted by molar-refractivity contribution is -0.142. The third-order valence-electron chi connectivity index (χ3n) is 7.81. The van der Waals surface area contributed by atoms with Crippen molar-refractivity contribution in [3.63, 3.8) is 0 Å². The number of piperidine rings is 1. The van der Waals surface area contributed by atoms with Crippen LogP contribution in [0.15, 0.2) is 42.5 Å². The van der Waals surface area contributed by atoms with Gasteiger partial charge in [0.1, 0.15) is 11.6 Å². The van der Waals surface area contributed by atoms with Crippen LogP contribution >= 0.6 is 0 Å². The lowest BCUT2D eigenvalue weighted by Crippen LogP contribution is -2.60. The van der Waals surface area contributed by atoms with E-state index >= 15 is 0 Å². The largest absolute Gasteiger partial charge is 0.444 e. The maximum atomic E-state index is 13.4. The molecule has 0 saturated carbocycles. The molecule has 1 unspecified atom stereocenters. The second-order valence-corrected chi connectivity index (χ2v) is 12.2. The molecule has 2 saturated heterocycles. The summed E-state index contributed by atoms with van der Waals surface area (Å²) in [5.74, 6) is -0.981. The Labute approximate surface area is 246 Å². The van der Waals surface area contributed by atoms with Gasteiger partial charge in [-0.15, -0.1) is 0 Å². The third kappa shape index (κ3) is 6.74. The minimum absolute atomic E-state index is 0.214. The van der Waals surface area contributed by atoms with Crippen molar-refractivity contribution in [1.82, 2.24) is 25.1 Å². The van der Waals surface area contributed by atoms with E-state index in [1.807, 2.05) is 32.9 Å². The molecule has 0 radical (unpaired) electrons. The predicted molar refractivity (Wildman–Crippen MR) is 157 cm³/mol. The molecule has 3 aliphatic rings. The van der Waals surface area contributed by atoms with Gasteiger partial charge >= 0.3 is 6.09 Å². The lowest BCUT2D eigenvalue weighted by Gasteiger charge is -2.42. The molecule has 2 N–H and O–H groups in total. The zero-order chi connectivity index (χ0) is 30.0. The molecular weight excluding hydrogens is 536 g/mol. The van der Waals surface area contributed by atoms with Crippen LogP contribution in [0, 0.1) is 0 Å². The van der Waals surface area contributed by atoms with Crippen LogP contribution in [0.2, 0.25) is 0 Å². The van der Waals surface area contributed by atoms with Gasteiger partial charge < -0.3 is 15.0 Å². The fourth-order valence-electron chi connectivity index (χ4n) is 5.63. The summed E-state index contributed by atoms with van der Waals surface area (Å²) in [6.07, 6.45) is 0.277. The highest BCUT2D eigenvalue weighted by Gasteiger charge is 2.40. The van der Waals surface area contributed by atoms with Crippen LogP contribution in [0.3, 0.4) is 0 Å². The van der Waals surface area contributed by atoms with Gasteiger partial charge in [-0.2, -0.15) is 0 Å². The van der Waals surface area contributed by atoms with E-state index in [-0.39, 0.29) is 24.3 Å². The average molecular weight is 577 g/mol. The Bertz CT molecular complexity index is 1350. The van der Waals surface area contributed by atoms with Crippen molar-refractivity contribution in [3.8, 4) is 0 Å². The number of imide groups is 1. The lowest BCUT2D eigenvalue weighted by atomic mass is 9.98. The summed E-state index contributed by atoms with van der Waals surface area (Å²) >= 11 is 0. The number of carbonyl (C=O) groups is 4. The standard InChI is InChI=1S/C31H40N6O5/c1-31(2,3)42-30(41)36-16-14-35(15-17-36)19-22-10-8-21(9-11-22)18-32-25-7-5-6-23-24(25)20-34(4)37(29(23)40)26-12-13-27(38)33-28(26)39/h5-11,26,32H,12-20H2,1-4H3,(H,33,38,39). The molecule has 2 fully saturated rings. The van der Waals surface area contributed by atoms with Crippen molar-refractivity contribution in [2.24, 2.45) is 0 Å². The number of carbonyl (C=O) groups excluding carboxylic acids is 4. The summed E-state index contributed by atoms with van der Waals surface area (Å²) in [4.78, 5) is 54.0. The number of anilines is 1. The molecule has 1 atom stereocenters. The summed E-state index contributed by atoms with van der Waals surface area (Å²) in [5, 5.41) is 9.08. The number of piperazine rings is 1. The first-order chi connectivity index (χ1) is 20.0. The van der Waals surface area contributed by atoms with Crippen molar-refractivity contribution < 1.29 is 23.9 Å². The maximum Gasteiger partial charge on any atom is 0.410 e. The van der Waals surface area contributed by atoms with Gasteiger partial charge in [-0.3, -0.25) is 29.6 Å². The molecular formula is C31H40N6O5. The van der Waals surface area contributed by atoms with Crippen LogP contribution in [0.1, 0.15) is 60.7 Å². The molecule has 0 bridgehead atoms. The highest BCUT2D eigenvalue weighted by Crippen LogP contribution is 2.31. The summed E-state index contributed by atoms with van der Waals surface area (Å²) in [7, 11) is 1.79. The Hall–Kier alpha value is -3.96. The molecule has 3 aliphatic heterocycles. The number of nitrogens with one attached hydrogen (secondary N) is 2. The van der Waals surface area contributed by atoms with Gasteiger partial charge in [-0.1, -0.05) is 30.3 Å². The summed E-state index contributed by atoms with van der Waals surface area (Å²) < 4.78 is 5.49. The normalized spacial score (nSPS) is 20.3. The Balaban J connectivity index is 1.16. The first-order valence-electron chi connectivity index (χ1n) is 14.5. The van der Waals surface area contributed by atoms with Crippen molar-refractivity contribution in [2.75, 3.05) is 38.5 Å². The molecule has 2 aromatic carbocycles. The summed E-state index contributed by atoms with van der Waals surface area (Å²) in [5.41, 5.74) is 4.16. The monoisotopic (exact) mass is 576 g/mol. The van der Waals surface area contributed by atoms with Crippen molar-refractivity contribution in [3.05, 3.63) is 64.7 Å². The quantitative estimate of drug-likeness (QED) is 0.505. The van der Waals surface area contributed by atoms with E-state index in [1.54, 1.807) is 23.0 Å². The van der Waals surface area contributed by atoms with Crippen molar-refractivity contribution >= 4 is 29.5 Å². The second kappa shape index (κ2) is 12.1. The van der Waals surface area contributed by atoms with E-state index in [4.69, 9.17) is 4.74 Å². The molecule has 0 spiro atoms. The fraction of sp³-hybridized carbons (Fsp3) is 0.484. The zero-order valence-corrected chi connectivity index (χ0v) is 24.8. The van der Waals surface area contributed by atoms with Crippen molar-refractivity contribution in [2.45, 2.75) is 64.9 Å². The van der Waals surface area contributed by atoms with Gasteiger partial charge in [0.15, 0.2) is 0 Å². The van der Waals surface area contributed by atoms with Crippen LogP contribution in [0.5, 0.6) is 0 Å². The first-order valence-corrected chi connectivity index (χ1v) is 14.5. The smallest absolute Gasteiger partial charge is 0.410 e. The number of hydrogen-bond acceptors (Lipinski definition) is 8. The van der Waals surface area contributed by atoms with E-state index in [0.29, 0.717) is 38.2 Å². The minimum atomic E-state index is -0.697. The van der Waals surface area contributed by atoms with E-state index < -0.39 is 17.6 Å². The number of ether oxygens (including phenoxy) is 1. The Morgan fingerprint density at radius 1 is 1.00 bits per heavy atom. The molecule has 11 nitrogen and oxygen atoms in total. The summed E-state index contributed by atoms with van der Waals surface area (Å²) in [6.45, 7) is 10.4. The van der Waals surface area contributed by atoms with Crippen LogP contribution in [0.4, 0.5) is 10.5 Å². The molecule has 4 amide bonds. The average Bonchev–Trinajstić information content (AvgIpc) is 2.93. The topological polar surface area (TPSA) is 115 Å². The maximum absolute atomic E-state index is 13.4. The van der Waals surface area contributed by atoms with Crippen LogP contribution in [-0.2, 0) is 34.0 Å². The molecule has 3 heterocycles. The van der Waals surface area contributed by atoms with Crippen LogP contribution in [-0.4, -0.2) is 88.5 Å². The number of benzene rings is 2. The molecule has 0 aromatic heterocycles. The molecule has 0 aliphatic carbocycles. The number of rotatable bonds is 6. The molecule has 11 heteroatoms. The molecule has 5 rings (SSSR count). The van der Waals surface area contributed by atoms with E-state index in [0.717, 1.165) is 36.4 Å². The van der Waals surface area contributed by atoms with Gasteiger partial charge in [-0.25, -0.2) is 9.80 Å². The molecule has 224 valence electrons. The van der Waals surface area contributed by atoms with Gasteiger partial charge in [0.2, 0.25) is 5.91 Å². The highest BCUT2D eigenvalue weighted by atomic mass is 16.6. The molecule has 42 heavy (non-hydrogen) atoms. The zero-order valence-electron chi connectivity index (χ0n) is 24.8. The Morgan fingerprint density at radius 2 is 1.69 bits per heavy atom. The number of nitrogens with zero attached hydrogens (tertiary/aromatic N) is 4. The number of hydrogen-bond donors (Lipinski definition) is 2. The molecule has 2 aromatic rings. The van der Waals surface area contributed by atoms with Crippen LogP contribution < -0.4 is 10.6 Å². The van der Waals surface area contributed by atoms with Crippen LogP contribution in [0.25, 0.3) is 0 Å². The second-order valence-electron chi connectivity index (χ2n) is 12.2. The van der Waals surface area contributed by atoms with Gasteiger partial charge in [0.05, 0.1) is 0 Å². The Kier molecular flexibility index (Phi) is 8.51. The third-order valence-corrected chi connectivity index (χ3v) is 7.81. The first kappa shape index (κ1) is 29.5. The van der Waals surface area contributed by atoms with Crippen molar-refractivity contribution in [1.29, 1.82) is 0 Å². The number of fused-ring (bicyclic) bond motifs is 1. The number of hydrazine groups is 1. The van der Waals surface area contributed by atoms with E-state index in [2.05, 4.69) is 39.8 Å². The fourth-order valence-corrected chi connectivity index (χ4v) is 5.63.